The highest BCUT2D eigenvalue weighted by atomic mass is 32.1. The third-order valence-electron chi connectivity index (χ3n) is 4.11. The van der Waals surface area contributed by atoms with Crippen LogP contribution in [0.4, 0.5) is 10.1 Å². The van der Waals surface area contributed by atoms with Crippen molar-refractivity contribution < 1.29 is 19.1 Å². The molecule has 0 aliphatic heterocycles. The molecule has 5 nitrogen and oxygen atoms in total. The van der Waals surface area contributed by atoms with Gasteiger partial charge in [0, 0.05) is 10.9 Å². The number of hydrogen-bond donors (Lipinski definition) is 2. The van der Waals surface area contributed by atoms with Crippen LogP contribution < -0.4 is 5.32 Å². The van der Waals surface area contributed by atoms with Gasteiger partial charge in [-0.25, -0.2) is 14.2 Å². The predicted octanol–water partition coefficient (Wildman–Crippen LogP) is 5.42. The number of aromatic carboxylic acids is 1. The van der Waals surface area contributed by atoms with E-state index in [1.165, 1.54) is 22.8 Å². The number of thiophene rings is 1. The second-order valence-corrected chi connectivity index (χ2v) is 7.99. The van der Waals surface area contributed by atoms with Crippen LogP contribution in [0.2, 0.25) is 0 Å². The number of aromatic nitrogens is 1. The minimum absolute atomic E-state index is 0.122. The molecule has 0 aliphatic rings. The van der Waals surface area contributed by atoms with E-state index in [0.29, 0.717) is 5.52 Å². The van der Waals surface area contributed by atoms with Gasteiger partial charge >= 0.3 is 5.97 Å². The van der Waals surface area contributed by atoms with Crippen molar-refractivity contribution in [1.82, 2.24) is 4.98 Å². The van der Waals surface area contributed by atoms with Crippen LogP contribution in [-0.2, 0) is 0 Å². The van der Waals surface area contributed by atoms with Crippen molar-refractivity contribution in [1.29, 1.82) is 0 Å². The van der Waals surface area contributed by atoms with Gasteiger partial charge in [0.1, 0.15) is 11.4 Å². The van der Waals surface area contributed by atoms with Gasteiger partial charge in [-0.05, 0) is 30.7 Å². The molecular weight excluding hydrogens is 399 g/mol. The van der Waals surface area contributed by atoms with Gasteiger partial charge in [-0.2, -0.15) is 0 Å². The van der Waals surface area contributed by atoms with E-state index in [1.54, 1.807) is 25.1 Å². The predicted molar refractivity (Wildman–Crippen MR) is 109 cm³/mol. The van der Waals surface area contributed by atoms with Gasteiger partial charge in [-0.15, -0.1) is 22.7 Å². The Balaban J connectivity index is 1.71. The number of rotatable bonds is 4. The van der Waals surface area contributed by atoms with E-state index in [2.05, 4.69) is 10.3 Å². The van der Waals surface area contributed by atoms with Gasteiger partial charge in [0.15, 0.2) is 5.01 Å². The van der Waals surface area contributed by atoms with Gasteiger partial charge in [0.05, 0.1) is 20.8 Å². The molecule has 2 aromatic carbocycles. The van der Waals surface area contributed by atoms with E-state index in [4.69, 9.17) is 0 Å². The standard InChI is InChI=1S/C20H13FN2O3S2/c1-10-6-7-11(12(21)8-10)17-16(20(25)26)14(9-27-17)22-18(24)19-23-13-4-2-3-5-15(13)28-19/h2-9H,1H3,(H,22,24)(H,25,26). The summed E-state index contributed by atoms with van der Waals surface area (Å²) in [6.45, 7) is 1.75. The van der Waals surface area contributed by atoms with Crippen LogP contribution in [0.5, 0.6) is 0 Å². The van der Waals surface area contributed by atoms with E-state index in [9.17, 15) is 19.1 Å². The molecule has 0 radical (unpaired) electrons. The summed E-state index contributed by atoms with van der Waals surface area (Å²) in [7, 11) is 0. The average molecular weight is 412 g/mol. The van der Waals surface area contributed by atoms with Crippen molar-refractivity contribution in [2.75, 3.05) is 5.32 Å². The summed E-state index contributed by atoms with van der Waals surface area (Å²) in [6, 6.07) is 11.9. The van der Waals surface area contributed by atoms with Crippen molar-refractivity contribution in [2.24, 2.45) is 0 Å². The van der Waals surface area contributed by atoms with Gasteiger partial charge in [0.25, 0.3) is 5.91 Å². The first-order valence-electron chi connectivity index (χ1n) is 8.22. The third kappa shape index (κ3) is 3.28. The number of halogens is 1. The van der Waals surface area contributed by atoms with Gasteiger partial charge in [0.2, 0.25) is 0 Å². The van der Waals surface area contributed by atoms with Crippen LogP contribution in [0.25, 0.3) is 20.7 Å². The van der Waals surface area contributed by atoms with E-state index >= 15 is 0 Å². The summed E-state index contributed by atoms with van der Waals surface area (Å²) in [4.78, 5) is 29.0. The normalized spacial score (nSPS) is 10.9. The molecule has 0 saturated carbocycles. The summed E-state index contributed by atoms with van der Waals surface area (Å²) >= 11 is 2.29. The van der Waals surface area contributed by atoms with Gasteiger partial charge in [-0.3, -0.25) is 4.79 Å². The Morgan fingerprint density at radius 1 is 1.18 bits per heavy atom. The number of carboxylic acid groups (broad SMARTS) is 1. The molecule has 8 heteroatoms. The van der Waals surface area contributed by atoms with Crippen LogP contribution in [-0.4, -0.2) is 22.0 Å². The number of carbonyl (C=O) groups excluding carboxylic acids is 1. The highest BCUT2D eigenvalue weighted by Crippen LogP contribution is 2.38. The molecule has 28 heavy (non-hydrogen) atoms. The quantitative estimate of drug-likeness (QED) is 0.469. The number of carbonyl (C=O) groups is 2. The lowest BCUT2D eigenvalue weighted by atomic mass is 10.1. The van der Waals surface area contributed by atoms with Crippen molar-refractivity contribution in [3.05, 3.63) is 69.8 Å². The SMILES string of the molecule is Cc1ccc(-c2scc(NC(=O)c3nc4ccccc4s3)c2C(=O)O)c(F)c1. The molecule has 0 unspecified atom stereocenters. The summed E-state index contributed by atoms with van der Waals surface area (Å²) in [6.07, 6.45) is 0. The molecule has 0 bridgehead atoms. The lowest BCUT2D eigenvalue weighted by Gasteiger charge is -2.06. The summed E-state index contributed by atoms with van der Waals surface area (Å²) in [5, 5.41) is 14.0. The zero-order chi connectivity index (χ0) is 19.8. The average Bonchev–Trinajstić information content (AvgIpc) is 3.26. The Hall–Kier alpha value is -3.10. The number of thiazole rings is 1. The van der Waals surface area contributed by atoms with E-state index in [1.807, 2.05) is 18.2 Å². The monoisotopic (exact) mass is 412 g/mol. The Labute approximate surface area is 167 Å². The molecule has 0 saturated heterocycles. The molecule has 2 N–H and O–H groups in total. The first-order valence-corrected chi connectivity index (χ1v) is 9.92. The highest BCUT2D eigenvalue weighted by Gasteiger charge is 2.24. The maximum Gasteiger partial charge on any atom is 0.339 e. The molecule has 0 spiro atoms. The van der Waals surface area contributed by atoms with E-state index < -0.39 is 17.7 Å². The molecule has 140 valence electrons. The van der Waals surface area contributed by atoms with Crippen LogP contribution in [0, 0.1) is 12.7 Å². The number of nitrogens with one attached hydrogen (secondary N) is 1. The second-order valence-electron chi connectivity index (χ2n) is 6.08. The lowest BCUT2D eigenvalue weighted by Crippen LogP contribution is -2.13. The van der Waals surface area contributed by atoms with Crippen molar-refractivity contribution >= 4 is 50.5 Å². The number of nitrogens with zero attached hydrogens (tertiary/aromatic N) is 1. The molecule has 0 fully saturated rings. The zero-order valence-corrected chi connectivity index (χ0v) is 16.2. The van der Waals surface area contributed by atoms with Gasteiger partial charge < -0.3 is 10.4 Å². The summed E-state index contributed by atoms with van der Waals surface area (Å²) in [5.41, 5.74) is 1.61. The largest absolute Gasteiger partial charge is 0.478 e. The fourth-order valence-electron chi connectivity index (χ4n) is 2.81. The molecule has 4 aromatic rings. The maximum absolute atomic E-state index is 14.4. The number of aryl methyl sites for hydroxylation is 1. The van der Waals surface area contributed by atoms with Crippen LogP contribution >= 0.6 is 22.7 Å². The van der Waals surface area contributed by atoms with Crippen LogP contribution in [0.1, 0.15) is 25.7 Å². The smallest absolute Gasteiger partial charge is 0.339 e. The van der Waals surface area contributed by atoms with Crippen molar-refractivity contribution in [3.63, 3.8) is 0 Å². The molecule has 4 rings (SSSR count). The zero-order valence-electron chi connectivity index (χ0n) is 14.5. The maximum atomic E-state index is 14.4. The Bertz CT molecular complexity index is 1200. The number of fused-ring (bicyclic) bond motifs is 1. The number of amides is 1. The molecule has 0 aliphatic carbocycles. The molecular formula is C20H13FN2O3S2. The number of para-hydroxylation sites is 1. The van der Waals surface area contributed by atoms with Crippen LogP contribution in [0.3, 0.4) is 0 Å². The summed E-state index contributed by atoms with van der Waals surface area (Å²) in [5.74, 6) is -2.25. The number of benzene rings is 2. The minimum atomic E-state index is -1.24. The Morgan fingerprint density at radius 2 is 1.96 bits per heavy atom. The third-order valence-corrected chi connectivity index (χ3v) is 6.16. The first kappa shape index (κ1) is 18.3. The fraction of sp³-hybridized carbons (Fsp3) is 0.0500. The topological polar surface area (TPSA) is 79.3 Å². The Kier molecular flexibility index (Phi) is 4.66. The Morgan fingerprint density at radius 3 is 2.68 bits per heavy atom. The molecule has 0 atom stereocenters. The van der Waals surface area contributed by atoms with E-state index in [0.717, 1.165) is 21.6 Å². The van der Waals surface area contributed by atoms with Crippen molar-refractivity contribution in [2.45, 2.75) is 6.92 Å². The molecule has 2 heterocycles. The molecule has 2 aromatic heterocycles. The van der Waals surface area contributed by atoms with Crippen molar-refractivity contribution in [3.8, 4) is 10.4 Å². The van der Waals surface area contributed by atoms with E-state index in [-0.39, 0.29) is 26.7 Å². The summed E-state index contributed by atoms with van der Waals surface area (Å²) < 4.78 is 15.2. The van der Waals surface area contributed by atoms with Crippen LogP contribution in [0.15, 0.2) is 47.8 Å². The minimum Gasteiger partial charge on any atom is -0.478 e. The second kappa shape index (κ2) is 7.14. The lowest BCUT2D eigenvalue weighted by molar-refractivity contribution is 0.0699. The molecule has 1 amide bonds. The first-order chi connectivity index (χ1) is 13.4. The van der Waals surface area contributed by atoms with Gasteiger partial charge in [-0.1, -0.05) is 24.3 Å². The number of hydrogen-bond acceptors (Lipinski definition) is 5. The highest BCUT2D eigenvalue weighted by molar-refractivity contribution is 7.20. The number of anilines is 1. The fourth-order valence-corrected chi connectivity index (χ4v) is 4.69. The number of carboxylic acids is 1.